The highest BCUT2D eigenvalue weighted by molar-refractivity contribution is 6.01. The molecule has 1 unspecified atom stereocenters. The molecule has 0 aliphatic carbocycles. The maximum Gasteiger partial charge on any atom is 0.262 e. The number of aromatic nitrogens is 2. The molecule has 1 spiro atoms. The number of nitrogens with zero attached hydrogens (tertiary/aromatic N) is 3. The first kappa shape index (κ1) is 17.2. The van der Waals surface area contributed by atoms with E-state index in [4.69, 9.17) is 4.98 Å². The summed E-state index contributed by atoms with van der Waals surface area (Å²) in [7, 11) is 0. The van der Waals surface area contributed by atoms with Gasteiger partial charge in [0.2, 0.25) is 11.8 Å². The van der Waals surface area contributed by atoms with Gasteiger partial charge in [0.1, 0.15) is 23.6 Å². The molecule has 8 heteroatoms. The van der Waals surface area contributed by atoms with Gasteiger partial charge in [0, 0.05) is 5.69 Å². The molecule has 5 aliphatic heterocycles. The van der Waals surface area contributed by atoms with Crippen molar-refractivity contribution < 1.29 is 9.59 Å². The third-order valence-electron chi connectivity index (χ3n) is 7.73. The number of hydrogen-bond acceptors (Lipinski definition) is 5. The van der Waals surface area contributed by atoms with Crippen molar-refractivity contribution in [2.75, 3.05) is 11.4 Å². The molecule has 2 saturated heterocycles. The lowest BCUT2D eigenvalue weighted by molar-refractivity contribution is -0.137. The number of para-hydroxylation sites is 2. The van der Waals surface area contributed by atoms with E-state index in [2.05, 4.69) is 10.6 Å². The number of benzene rings is 2. The molecule has 4 atom stereocenters. The highest BCUT2D eigenvalue weighted by Crippen LogP contribution is 2.62. The number of carbonyl (C=O) groups is 2. The average molecular weight is 413 g/mol. The first-order valence-corrected chi connectivity index (χ1v) is 10.5. The standard InChI is InChI=1S/C23H19N5O3/c1-22-20-25-14-8-4-2-6-12(14)19(31)28(20)16(18(30)26-22)10-23(22)13-7-3-5-9-15(13)27-17(29)11-24-21(23)27/h2-9,16,21,24H,10-11H2,1H3,(H,26,30)/t16-,21+,22+,23?/m1/s1. The van der Waals surface area contributed by atoms with Crippen LogP contribution >= 0.6 is 0 Å². The zero-order chi connectivity index (χ0) is 21.1. The molecule has 2 N–H and O–H groups in total. The molecule has 0 radical (unpaired) electrons. The van der Waals surface area contributed by atoms with Crippen LogP contribution in [0, 0.1) is 0 Å². The predicted molar refractivity (Wildman–Crippen MR) is 113 cm³/mol. The first-order chi connectivity index (χ1) is 15.0. The van der Waals surface area contributed by atoms with E-state index in [1.54, 1.807) is 10.6 Å². The third kappa shape index (κ3) is 1.70. The molecule has 154 valence electrons. The van der Waals surface area contributed by atoms with Crippen molar-refractivity contribution in [3.8, 4) is 0 Å². The fourth-order valence-corrected chi connectivity index (χ4v) is 6.44. The number of carbonyl (C=O) groups excluding carboxylic acids is 2. The zero-order valence-corrected chi connectivity index (χ0v) is 16.8. The summed E-state index contributed by atoms with van der Waals surface area (Å²) in [5.74, 6) is 0.375. The quantitative estimate of drug-likeness (QED) is 0.571. The van der Waals surface area contributed by atoms with Crippen LogP contribution in [0.1, 0.15) is 30.8 Å². The summed E-state index contributed by atoms with van der Waals surface area (Å²) in [4.78, 5) is 46.1. The van der Waals surface area contributed by atoms with Crippen LogP contribution in [0.4, 0.5) is 5.69 Å². The molecule has 2 aromatic carbocycles. The van der Waals surface area contributed by atoms with E-state index in [0.29, 0.717) is 23.1 Å². The van der Waals surface area contributed by atoms with Crippen LogP contribution < -0.4 is 21.1 Å². The van der Waals surface area contributed by atoms with Gasteiger partial charge in [-0.15, -0.1) is 0 Å². The molecule has 2 bridgehead atoms. The summed E-state index contributed by atoms with van der Waals surface area (Å²) in [6.07, 6.45) is 0.100. The lowest BCUT2D eigenvalue weighted by atomic mass is 9.57. The molecule has 2 amide bonds. The molecular formula is C23H19N5O3. The Bertz CT molecular complexity index is 1410. The van der Waals surface area contributed by atoms with Gasteiger partial charge in [0.05, 0.1) is 22.9 Å². The van der Waals surface area contributed by atoms with E-state index in [-0.39, 0.29) is 30.1 Å². The fourth-order valence-electron chi connectivity index (χ4n) is 6.44. The van der Waals surface area contributed by atoms with Gasteiger partial charge >= 0.3 is 0 Å². The molecule has 31 heavy (non-hydrogen) atoms. The van der Waals surface area contributed by atoms with Crippen LogP contribution in [-0.4, -0.2) is 34.1 Å². The Morgan fingerprint density at radius 3 is 2.71 bits per heavy atom. The van der Waals surface area contributed by atoms with Gasteiger partial charge in [-0.1, -0.05) is 30.3 Å². The molecule has 3 aromatic rings. The minimum Gasteiger partial charge on any atom is -0.341 e. The highest BCUT2D eigenvalue weighted by Gasteiger charge is 2.71. The van der Waals surface area contributed by atoms with Gasteiger partial charge < -0.3 is 5.32 Å². The Labute approximate surface area is 176 Å². The van der Waals surface area contributed by atoms with Crippen LogP contribution in [0.2, 0.25) is 0 Å². The summed E-state index contributed by atoms with van der Waals surface area (Å²) in [5.41, 5.74) is 0.656. The first-order valence-electron chi connectivity index (χ1n) is 10.5. The van der Waals surface area contributed by atoms with Crippen molar-refractivity contribution in [1.82, 2.24) is 20.2 Å². The van der Waals surface area contributed by atoms with E-state index < -0.39 is 17.0 Å². The summed E-state index contributed by atoms with van der Waals surface area (Å²) >= 11 is 0. The summed E-state index contributed by atoms with van der Waals surface area (Å²) in [6.45, 7) is 2.19. The SMILES string of the molecule is C[C@@]12NC(=O)[C@@H](CC13c1ccccc1N1C(=O)CN[C@@H]13)n1c2nc2ccccc2c1=O. The molecule has 8 nitrogen and oxygen atoms in total. The van der Waals surface area contributed by atoms with Gasteiger partial charge in [-0.05, 0) is 37.1 Å². The number of piperidine rings is 1. The number of nitrogens with one attached hydrogen (secondary N) is 2. The Morgan fingerprint density at radius 1 is 1.06 bits per heavy atom. The lowest BCUT2D eigenvalue weighted by Gasteiger charge is -2.58. The highest BCUT2D eigenvalue weighted by atomic mass is 16.2. The van der Waals surface area contributed by atoms with Crippen LogP contribution in [0.15, 0.2) is 53.3 Å². The Balaban J connectivity index is 1.60. The van der Waals surface area contributed by atoms with Crippen molar-refractivity contribution >= 4 is 28.4 Å². The van der Waals surface area contributed by atoms with Gasteiger partial charge in [0.15, 0.2) is 0 Å². The van der Waals surface area contributed by atoms with Crippen molar-refractivity contribution in [2.24, 2.45) is 0 Å². The van der Waals surface area contributed by atoms with Crippen molar-refractivity contribution in [2.45, 2.75) is 36.5 Å². The fraction of sp³-hybridized carbons (Fsp3) is 0.304. The predicted octanol–water partition coefficient (Wildman–Crippen LogP) is 0.900. The summed E-state index contributed by atoms with van der Waals surface area (Å²) in [6, 6.07) is 14.4. The summed E-state index contributed by atoms with van der Waals surface area (Å²) < 4.78 is 1.58. The number of hydrogen-bond donors (Lipinski definition) is 2. The second-order valence-corrected chi connectivity index (χ2v) is 9.00. The Morgan fingerprint density at radius 2 is 1.84 bits per heavy atom. The van der Waals surface area contributed by atoms with E-state index in [1.807, 2.05) is 54.3 Å². The van der Waals surface area contributed by atoms with Gasteiger partial charge in [-0.25, -0.2) is 4.98 Å². The van der Waals surface area contributed by atoms with E-state index in [1.165, 1.54) is 0 Å². The van der Waals surface area contributed by atoms with E-state index in [9.17, 15) is 14.4 Å². The average Bonchev–Trinajstić information content (AvgIpc) is 3.28. The van der Waals surface area contributed by atoms with Crippen LogP contribution in [0.3, 0.4) is 0 Å². The van der Waals surface area contributed by atoms with Crippen LogP contribution in [0.25, 0.3) is 10.9 Å². The zero-order valence-electron chi connectivity index (χ0n) is 16.8. The minimum absolute atomic E-state index is 0.00885. The normalized spacial score (nSPS) is 32.4. The number of amides is 2. The largest absolute Gasteiger partial charge is 0.341 e. The van der Waals surface area contributed by atoms with Crippen molar-refractivity contribution in [3.05, 3.63) is 70.3 Å². The summed E-state index contributed by atoms with van der Waals surface area (Å²) in [5, 5.41) is 7.10. The molecular weight excluding hydrogens is 394 g/mol. The Hall–Kier alpha value is -3.52. The van der Waals surface area contributed by atoms with Crippen LogP contribution in [0.5, 0.6) is 0 Å². The van der Waals surface area contributed by atoms with Crippen molar-refractivity contribution in [1.29, 1.82) is 0 Å². The topological polar surface area (TPSA) is 96.3 Å². The molecule has 5 aliphatic rings. The van der Waals surface area contributed by atoms with Crippen molar-refractivity contribution in [3.63, 3.8) is 0 Å². The maximum atomic E-state index is 13.4. The van der Waals surface area contributed by atoms with Gasteiger partial charge in [-0.2, -0.15) is 0 Å². The van der Waals surface area contributed by atoms with Crippen LogP contribution in [-0.2, 0) is 20.5 Å². The molecule has 8 rings (SSSR count). The smallest absolute Gasteiger partial charge is 0.262 e. The maximum absolute atomic E-state index is 13.4. The minimum atomic E-state index is -0.977. The molecule has 0 saturated carbocycles. The number of anilines is 1. The number of rotatable bonds is 0. The third-order valence-corrected chi connectivity index (χ3v) is 7.73. The molecule has 2 fully saturated rings. The Kier molecular flexibility index (Phi) is 2.89. The second kappa shape index (κ2) is 5.20. The molecule has 6 heterocycles. The number of fused-ring (bicyclic) bond motifs is 5. The van der Waals surface area contributed by atoms with Gasteiger partial charge in [-0.3, -0.25) is 29.2 Å². The lowest BCUT2D eigenvalue weighted by Crippen LogP contribution is -2.75. The van der Waals surface area contributed by atoms with Gasteiger partial charge in [0.25, 0.3) is 5.56 Å². The monoisotopic (exact) mass is 413 g/mol. The molecule has 1 aromatic heterocycles. The van der Waals surface area contributed by atoms with E-state index in [0.717, 1.165) is 11.3 Å². The second-order valence-electron chi connectivity index (χ2n) is 9.00. The van der Waals surface area contributed by atoms with E-state index >= 15 is 0 Å².